The van der Waals surface area contributed by atoms with E-state index >= 15 is 0 Å². The molecule has 0 saturated heterocycles. The van der Waals surface area contributed by atoms with Crippen LogP contribution in [0.15, 0.2) is 82.0 Å². The van der Waals surface area contributed by atoms with E-state index < -0.39 is 0 Å². The van der Waals surface area contributed by atoms with Crippen LogP contribution in [-0.4, -0.2) is 9.97 Å². The summed E-state index contributed by atoms with van der Waals surface area (Å²) < 4.78 is 1.94. The summed E-state index contributed by atoms with van der Waals surface area (Å²) in [5.74, 6) is 0. The number of rotatable bonds is 0. The molecular formula is C24H12Br2N2. The molecule has 0 bridgehead atoms. The number of halogens is 2. The van der Waals surface area contributed by atoms with Crippen LogP contribution in [0.25, 0.3) is 33.7 Å². The van der Waals surface area contributed by atoms with Gasteiger partial charge in [-0.3, -0.25) is 9.97 Å². The molecule has 2 aliphatic carbocycles. The van der Waals surface area contributed by atoms with Gasteiger partial charge in [-0.25, -0.2) is 0 Å². The Kier molecular flexibility index (Phi) is 3.49. The number of nitrogens with zero attached hydrogens (tertiary/aromatic N) is 2. The van der Waals surface area contributed by atoms with Crippen molar-refractivity contribution in [2.45, 2.75) is 0 Å². The summed E-state index contributed by atoms with van der Waals surface area (Å²) in [5.41, 5.74) is 11.7. The summed E-state index contributed by atoms with van der Waals surface area (Å²) in [6.45, 7) is 0. The summed E-state index contributed by atoms with van der Waals surface area (Å²) in [4.78, 5) is 9.41. The normalized spacial score (nSPS) is 13.2. The van der Waals surface area contributed by atoms with E-state index in [-0.39, 0.29) is 0 Å². The first kappa shape index (κ1) is 16.4. The van der Waals surface area contributed by atoms with E-state index in [0.29, 0.717) is 0 Å². The largest absolute Gasteiger partial charge is 0.253 e. The first-order valence-corrected chi connectivity index (χ1v) is 10.6. The highest BCUT2D eigenvalue weighted by Crippen LogP contribution is 2.53. The molecule has 0 aliphatic heterocycles. The highest BCUT2D eigenvalue weighted by Gasteiger charge is 2.33. The Hall–Kier alpha value is -2.56. The fourth-order valence-electron chi connectivity index (χ4n) is 4.34. The number of fused-ring (bicyclic) bond motifs is 6. The number of hydrogen-bond donors (Lipinski definition) is 0. The molecule has 0 spiro atoms. The average Bonchev–Trinajstić information content (AvgIpc) is 3.19. The second kappa shape index (κ2) is 5.97. The first-order chi connectivity index (χ1) is 13.7. The molecule has 4 heteroatoms. The zero-order valence-electron chi connectivity index (χ0n) is 14.6. The van der Waals surface area contributed by atoms with Crippen LogP contribution in [0.3, 0.4) is 0 Å². The number of hydrogen-bond acceptors (Lipinski definition) is 2. The number of benzene rings is 2. The Labute approximate surface area is 179 Å². The molecule has 0 fully saturated rings. The standard InChI is InChI=1S/C24H12Br2N2/c25-13-9-19-22(20-10-14(26)12-28-24(20)23(19)27-11-13)21-17-7-3-1-5-15(17)16-6-2-4-8-18(16)21/h1-12H. The molecule has 2 aromatic heterocycles. The smallest absolute Gasteiger partial charge is 0.0972 e. The second-order valence-corrected chi connectivity index (χ2v) is 8.77. The Morgan fingerprint density at radius 1 is 0.500 bits per heavy atom. The van der Waals surface area contributed by atoms with Crippen molar-refractivity contribution in [1.29, 1.82) is 0 Å². The van der Waals surface area contributed by atoms with Gasteiger partial charge in [-0.1, -0.05) is 48.5 Å². The molecule has 2 nitrogen and oxygen atoms in total. The summed E-state index contributed by atoms with van der Waals surface area (Å²) in [6, 6.07) is 21.6. The van der Waals surface area contributed by atoms with Crippen molar-refractivity contribution in [1.82, 2.24) is 9.97 Å². The zero-order chi connectivity index (χ0) is 18.8. The minimum Gasteiger partial charge on any atom is -0.253 e. The highest BCUT2D eigenvalue weighted by atomic mass is 79.9. The van der Waals surface area contributed by atoms with Crippen molar-refractivity contribution >= 4 is 43.0 Å². The predicted molar refractivity (Wildman–Crippen MR) is 120 cm³/mol. The predicted octanol–water partition coefficient (Wildman–Crippen LogP) is 6.97. The van der Waals surface area contributed by atoms with E-state index in [4.69, 9.17) is 9.97 Å². The summed E-state index contributed by atoms with van der Waals surface area (Å²) in [5, 5.41) is 0. The van der Waals surface area contributed by atoms with Crippen molar-refractivity contribution in [3.8, 4) is 22.5 Å². The van der Waals surface area contributed by atoms with E-state index in [1.165, 1.54) is 33.4 Å². The minimum atomic E-state index is 0.940. The van der Waals surface area contributed by atoms with Crippen LogP contribution in [0.4, 0.5) is 0 Å². The molecule has 4 aromatic rings. The molecule has 0 saturated carbocycles. The van der Waals surface area contributed by atoms with Crippen molar-refractivity contribution in [3.63, 3.8) is 0 Å². The van der Waals surface area contributed by atoms with E-state index in [1.54, 1.807) is 0 Å². The maximum Gasteiger partial charge on any atom is 0.0972 e. The van der Waals surface area contributed by atoms with Crippen LogP contribution in [-0.2, 0) is 0 Å². The van der Waals surface area contributed by atoms with Gasteiger partial charge in [0.25, 0.3) is 0 Å². The fourth-order valence-corrected chi connectivity index (χ4v) is 5.00. The van der Waals surface area contributed by atoms with Gasteiger partial charge in [0, 0.05) is 38.0 Å². The Bertz CT molecular complexity index is 1240. The first-order valence-electron chi connectivity index (χ1n) is 8.98. The molecule has 0 atom stereocenters. The Morgan fingerprint density at radius 3 is 1.36 bits per heavy atom. The van der Waals surface area contributed by atoms with Gasteiger partial charge in [0.05, 0.1) is 11.4 Å². The quantitative estimate of drug-likeness (QED) is 0.231. The molecule has 132 valence electrons. The van der Waals surface area contributed by atoms with Gasteiger partial charge in [-0.05, 0) is 71.8 Å². The Balaban J connectivity index is 1.82. The summed E-state index contributed by atoms with van der Waals surface area (Å²) in [7, 11) is 0. The topological polar surface area (TPSA) is 25.8 Å². The van der Waals surface area contributed by atoms with Crippen LogP contribution in [0.2, 0.25) is 0 Å². The molecule has 28 heavy (non-hydrogen) atoms. The van der Waals surface area contributed by atoms with Crippen molar-refractivity contribution in [2.24, 2.45) is 0 Å². The van der Waals surface area contributed by atoms with Gasteiger partial charge in [-0.15, -0.1) is 0 Å². The number of pyridine rings is 2. The Morgan fingerprint density at radius 2 is 0.893 bits per heavy atom. The molecule has 0 amide bonds. The summed E-state index contributed by atoms with van der Waals surface area (Å²) in [6.07, 6.45) is 3.69. The van der Waals surface area contributed by atoms with E-state index in [0.717, 1.165) is 31.5 Å². The third-order valence-corrected chi connectivity index (χ3v) is 6.27. The monoisotopic (exact) mass is 486 g/mol. The van der Waals surface area contributed by atoms with E-state index in [1.807, 2.05) is 12.4 Å². The van der Waals surface area contributed by atoms with Crippen LogP contribution in [0.1, 0.15) is 22.3 Å². The molecule has 2 aromatic carbocycles. The van der Waals surface area contributed by atoms with Gasteiger partial charge in [0.15, 0.2) is 0 Å². The molecule has 0 unspecified atom stereocenters. The van der Waals surface area contributed by atoms with Crippen molar-refractivity contribution < 1.29 is 0 Å². The van der Waals surface area contributed by atoms with Gasteiger partial charge in [0.2, 0.25) is 0 Å². The molecular weight excluding hydrogens is 476 g/mol. The van der Waals surface area contributed by atoms with Crippen LogP contribution in [0.5, 0.6) is 0 Å². The van der Waals surface area contributed by atoms with Crippen LogP contribution in [0, 0.1) is 0 Å². The fraction of sp³-hybridized carbons (Fsp3) is 0. The highest BCUT2D eigenvalue weighted by molar-refractivity contribution is 9.10. The minimum absolute atomic E-state index is 0.940. The maximum atomic E-state index is 4.70. The van der Waals surface area contributed by atoms with Gasteiger partial charge in [0.1, 0.15) is 0 Å². The maximum absolute atomic E-state index is 4.70. The lowest BCUT2D eigenvalue weighted by molar-refractivity contribution is 1.24. The van der Waals surface area contributed by atoms with E-state index in [2.05, 4.69) is 92.5 Å². The second-order valence-electron chi connectivity index (χ2n) is 6.94. The van der Waals surface area contributed by atoms with Crippen LogP contribution < -0.4 is 0 Å². The molecule has 6 rings (SSSR count). The third-order valence-electron chi connectivity index (χ3n) is 5.40. The van der Waals surface area contributed by atoms with Crippen molar-refractivity contribution in [3.05, 3.63) is 104 Å². The molecule has 0 radical (unpaired) electrons. The third kappa shape index (κ3) is 2.19. The van der Waals surface area contributed by atoms with E-state index in [9.17, 15) is 0 Å². The molecule has 2 aliphatic rings. The van der Waals surface area contributed by atoms with Gasteiger partial charge in [-0.2, -0.15) is 0 Å². The van der Waals surface area contributed by atoms with Crippen LogP contribution >= 0.6 is 31.9 Å². The lowest BCUT2D eigenvalue weighted by atomic mass is 9.92. The van der Waals surface area contributed by atoms with Gasteiger partial charge >= 0.3 is 0 Å². The average molecular weight is 488 g/mol. The van der Waals surface area contributed by atoms with Crippen molar-refractivity contribution in [2.75, 3.05) is 0 Å². The number of aromatic nitrogens is 2. The molecule has 0 N–H and O–H groups in total. The summed E-state index contributed by atoms with van der Waals surface area (Å²) >= 11 is 7.22. The molecule has 2 heterocycles. The zero-order valence-corrected chi connectivity index (χ0v) is 17.8. The lowest BCUT2D eigenvalue weighted by Crippen LogP contribution is -1.91. The SMILES string of the molecule is Brc1cnc2c(c1)C(=C1c3ccccc3-c3ccccc31)c1cc(Br)cnc1-2. The van der Waals surface area contributed by atoms with Gasteiger partial charge < -0.3 is 0 Å². The lowest BCUT2D eigenvalue weighted by Gasteiger charge is -2.11.